The Morgan fingerprint density at radius 1 is 1.04 bits per heavy atom. The molecule has 0 aliphatic heterocycles. The van der Waals surface area contributed by atoms with Crippen LogP contribution in [0.25, 0.3) is 0 Å². The number of hydrogen-bond donors (Lipinski definition) is 1. The van der Waals surface area contributed by atoms with Crippen LogP contribution in [0.3, 0.4) is 0 Å². The number of hydrogen-bond acceptors (Lipinski definition) is 3. The Hall–Kier alpha value is -2.81. The van der Waals surface area contributed by atoms with Gasteiger partial charge in [-0.15, -0.1) is 0 Å². The van der Waals surface area contributed by atoms with Crippen molar-refractivity contribution in [3.63, 3.8) is 0 Å². The summed E-state index contributed by atoms with van der Waals surface area (Å²) in [6.07, 6.45) is -9.71. The maximum Gasteiger partial charge on any atom is 0.433 e. The topological polar surface area (TPSA) is 42.4 Å². The summed E-state index contributed by atoms with van der Waals surface area (Å²) < 4.78 is 81.0. The van der Waals surface area contributed by atoms with Crippen molar-refractivity contribution in [3.05, 3.63) is 89.5 Å². The Bertz CT molecular complexity index is 856. The summed E-state index contributed by atoms with van der Waals surface area (Å²) in [5, 5.41) is 10.2. The molecule has 2 rings (SSSR count). The molecule has 3 nitrogen and oxygen atoms in total. The van der Waals surface area contributed by atoms with E-state index in [1.807, 2.05) is 0 Å². The molecule has 0 aliphatic rings. The molecule has 0 amide bonds. The minimum absolute atomic E-state index is 0.0295. The molecule has 1 heterocycles. The fourth-order valence-corrected chi connectivity index (χ4v) is 2.19. The monoisotopic (exact) mass is 403 g/mol. The van der Waals surface area contributed by atoms with Crippen LogP contribution in [-0.2, 0) is 23.7 Å². The first-order valence-corrected chi connectivity index (χ1v) is 7.78. The summed E-state index contributed by atoms with van der Waals surface area (Å²) in [4.78, 5) is 3.24. The molecule has 1 unspecified atom stereocenters. The van der Waals surface area contributed by atoms with Gasteiger partial charge in [0.05, 0.1) is 5.56 Å². The van der Waals surface area contributed by atoms with Gasteiger partial charge in [-0.1, -0.05) is 31.4 Å². The fraction of sp³-hybridized carbons (Fsp3) is 0.211. The predicted octanol–water partition coefficient (Wildman–Crippen LogP) is 5.44. The van der Waals surface area contributed by atoms with E-state index >= 15 is 0 Å². The summed E-state index contributed by atoms with van der Waals surface area (Å²) in [7, 11) is 0. The van der Waals surface area contributed by atoms with E-state index in [2.05, 4.69) is 18.1 Å². The first-order valence-electron chi connectivity index (χ1n) is 7.78. The third-order valence-corrected chi connectivity index (χ3v) is 3.75. The minimum Gasteiger partial charge on any atom is -0.489 e. The maximum atomic E-state index is 12.7. The van der Waals surface area contributed by atoms with Gasteiger partial charge in [0.2, 0.25) is 0 Å². The van der Waals surface area contributed by atoms with Gasteiger partial charge in [-0.2, -0.15) is 26.3 Å². The average molecular weight is 403 g/mol. The predicted molar refractivity (Wildman–Crippen MR) is 88.7 cm³/mol. The van der Waals surface area contributed by atoms with Gasteiger partial charge in [-0.05, 0) is 23.8 Å². The van der Waals surface area contributed by atoms with Gasteiger partial charge in [0.25, 0.3) is 0 Å². The molecule has 0 fully saturated rings. The second-order valence-electron chi connectivity index (χ2n) is 5.81. The molecule has 0 saturated heterocycles. The van der Waals surface area contributed by atoms with Crippen LogP contribution in [0, 0.1) is 0 Å². The lowest BCUT2D eigenvalue weighted by Crippen LogP contribution is -2.10. The molecule has 0 saturated carbocycles. The van der Waals surface area contributed by atoms with E-state index in [4.69, 9.17) is 4.74 Å². The second kappa shape index (κ2) is 8.05. The molecule has 0 bridgehead atoms. The molecule has 0 aliphatic carbocycles. The number of nitrogens with zero attached hydrogens (tertiary/aromatic N) is 1. The summed E-state index contributed by atoms with van der Waals surface area (Å²) in [5.74, 6) is -0.121. The molecule has 0 radical (unpaired) electrons. The highest BCUT2D eigenvalue weighted by molar-refractivity contribution is 5.33. The number of benzene rings is 1. The van der Waals surface area contributed by atoms with Crippen LogP contribution in [0.2, 0.25) is 0 Å². The van der Waals surface area contributed by atoms with Crippen LogP contribution < -0.4 is 0 Å². The van der Waals surface area contributed by atoms with Crippen LogP contribution >= 0.6 is 0 Å². The van der Waals surface area contributed by atoms with Crippen LogP contribution in [0.15, 0.2) is 67.1 Å². The number of halogens is 6. The lowest BCUT2D eigenvalue weighted by Gasteiger charge is -2.18. The highest BCUT2D eigenvalue weighted by Crippen LogP contribution is 2.31. The van der Waals surface area contributed by atoms with E-state index < -0.39 is 29.7 Å². The van der Waals surface area contributed by atoms with Crippen molar-refractivity contribution in [2.75, 3.05) is 0 Å². The molecule has 1 atom stereocenters. The molecule has 28 heavy (non-hydrogen) atoms. The highest BCUT2D eigenvalue weighted by atomic mass is 19.4. The SMILES string of the molecule is C=C(OCc1cccc(C(F)(F)F)c1)C(=C)C(O)c1ccc(C(F)(F)F)nc1. The van der Waals surface area contributed by atoms with E-state index in [-0.39, 0.29) is 29.1 Å². The summed E-state index contributed by atoms with van der Waals surface area (Å²) in [6.45, 7) is 6.84. The van der Waals surface area contributed by atoms with Gasteiger partial charge in [-0.3, -0.25) is 4.98 Å². The summed E-state index contributed by atoms with van der Waals surface area (Å²) in [5.41, 5.74) is -1.77. The molecule has 9 heteroatoms. The Morgan fingerprint density at radius 3 is 2.25 bits per heavy atom. The Balaban J connectivity index is 2.01. The van der Waals surface area contributed by atoms with Crippen LogP contribution in [-0.4, -0.2) is 10.1 Å². The van der Waals surface area contributed by atoms with Gasteiger partial charge >= 0.3 is 12.4 Å². The van der Waals surface area contributed by atoms with Gasteiger partial charge in [0.1, 0.15) is 24.2 Å². The zero-order valence-electron chi connectivity index (χ0n) is 14.3. The van der Waals surface area contributed by atoms with Crippen molar-refractivity contribution in [3.8, 4) is 0 Å². The molecule has 150 valence electrons. The van der Waals surface area contributed by atoms with Gasteiger partial charge in [0.15, 0.2) is 0 Å². The normalized spacial score (nSPS) is 13.1. The van der Waals surface area contributed by atoms with Gasteiger partial charge in [-0.25, -0.2) is 0 Å². The van der Waals surface area contributed by atoms with Crippen molar-refractivity contribution in [2.24, 2.45) is 0 Å². The third kappa shape index (κ3) is 5.35. The lowest BCUT2D eigenvalue weighted by molar-refractivity contribution is -0.141. The first-order chi connectivity index (χ1) is 12.9. The standard InChI is InChI=1S/C19H15F6NO2/c1-11(17(27)14-6-7-16(26-9-14)19(23,24)25)12(2)28-10-13-4-3-5-15(8-13)18(20,21)22/h3-9,17,27H,1-2,10H2. The maximum absolute atomic E-state index is 12.7. The smallest absolute Gasteiger partial charge is 0.433 e. The molecular weight excluding hydrogens is 388 g/mol. The van der Waals surface area contributed by atoms with Gasteiger partial charge < -0.3 is 9.84 Å². The van der Waals surface area contributed by atoms with E-state index in [1.54, 1.807) is 0 Å². The van der Waals surface area contributed by atoms with E-state index in [9.17, 15) is 31.4 Å². The van der Waals surface area contributed by atoms with Gasteiger partial charge in [0, 0.05) is 17.3 Å². The van der Waals surface area contributed by atoms with Crippen LogP contribution in [0.1, 0.15) is 28.5 Å². The van der Waals surface area contributed by atoms with Crippen molar-refractivity contribution in [2.45, 2.75) is 25.1 Å². The Kier molecular flexibility index (Phi) is 6.18. The summed E-state index contributed by atoms with van der Waals surface area (Å²) in [6, 6.07) is 6.21. The Morgan fingerprint density at radius 2 is 1.71 bits per heavy atom. The zero-order chi connectivity index (χ0) is 21.1. The first kappa shape index (κ1) is 21.5. The van der Waals surface area contributed by atoms with Crippen molar-refractivity contribution in [1.82, 2.24) is 4.98 Å². The number of aliphatic hydroxyl groups is 1. The minimum atomic E-state index is -4.61. The van der Waals surface area contributed by atoms with E-state index in [1.165, 1.54) is 12.1 Å². The molecule has 0 spiro atoms. The number of aliphatic hydroxyl groups excluding tert-OH is 1. The molecule has 2 aromatic rings. The average Bonchev–Trinajstić information content (AvgIpc) is 2.64. The number of ether oxygens (including phenoxy) is 1. The molecule has 1 N–H and O–H groups in total. The molecule has 1 aromatic heterocycles. The second-order valence-corrected chi connectivity index (χ2v) is 5.81. The van der Waals surface area contributed by atoms with Crippen LogP contribution in [0.4, 0.5) is 26.3 Å². The quantitative estimate of drug-likeness (QED) is 0.397. The van der Waals surface area contributed by atoms with Crippen molar-refractivity contribution in [1.29, 1.82) is 0 Å². The highest BCUT2D eigenvalue weighted by Gasteiger charge is 2.32. The fourth-order valence-electron chi connectivity index (χ4n) is 2.19. The lowest BCUT2D eigenvalue weighted by atomic mass is 10.0. The van der Waals surface area contributed by atoms with Crippen molar-refractivity contribution < 1.29 is 36.2 Å². The number of pyridine rings is 1. The van der Waals surface area contributed by atoms with Crippen LogP contribution in [0.5, 0.6) is 0 Å². The molecule has 1 aromatic carbocycles. The zero-order valence-corrected chi connectivity index (χ0v) is 14.3. The number of alkyl halides is 6. The summed E-state index contributed by atoms with van der Waals surface area (Å²) >= 11 is 0. The van der Waals surface area contributed by atoms with Crippen molar-refractivity contribution >= 4 is 0 Å². The molecular formula is C19H15F6NO2. The largest absolute Gasteiger partial charge is 0.489 e. The third-order valence-electron chi connectivity index (χ3n) is 3.75. The number of rotatable bonds is 6. The Labute approximate surface area is 156 Å². The number of aromatic nitrogens is 1. The van der Waals surface area contributed by atoms with E-state index in [0.29, 0.717) is 6.07 Å². The van der Waals surface area contributed by atoms with E-state index in [0.717, 1.165) is 24.4 Å².